The molecule has 1 aliphatic carbocycles. The van der Waals surface area contributed by atoms with Gasteiger partial charge >= 0.3 is 0 Å². The molecule has 1 fully saturated rings. The summed E-state index contributed by atoms with van der Waals surface area (Å²) in [6, 6.07) is 0. The fraction of sp³-hybridized carbons (Fsp3) is 1.00. The first-order valence-electron chi connectivity index (χ1n) is 5.04. The monoisotopic (exact) mass is 171 g/mol. The molecule has 2 atom stereocenters. The van der Waals surface area contributed by atoms with Crippen LogP contribution in [-0.2, 0) is 0 Å². The van der Waals surface area contributed by atoms with E-state index >= 15 is 0 Å². The van der Waals surface area contributed by atoms with Crippen molar-refractivity contribution in [1.82, 2.24) is 0 Å². The summed E-state index contributed by atoms with van der Waals surface area (Å²) < 4.78 is 0. The summed E-state index contributed by atoms with van der Waals surface area (Å²) in [5.41, 5.74) is 5.75. The van der Waals surface area contributed by atoms with E-state index in [1.807, 2.05) is 0 Å². The molecule has 0 bridgehead atoms. The zero-order valence-corrected chi connectivity index (χ0v) is 8.21. The Morgan fingerprint density at radius 2 is 2.08 bits per heavy atom. The molecule has 0 saturated heterocycles. The van der Waals surface area contributed by atoms with Crippen LogP contribution in [0.1, 0.15) is 39.5 Å². The first-order valence-corrected chi connectivity index (χ1v) is 5.04. The third-order valence-electron chi connectivity index (χ3n) is 3.21. The minimum absolute atomic E-state index is 0.106. The Morgan fingerprint density at radius 3 is 2.42 bits per heavy atom. The molecule has 1 aliphatic rings. The summed E-state index contributed by atoms with van der Waals surface area (Å²) in [5.74, 6) is 0.418. The highest BCUT2D eigenvalue weighted by Gasteiger charge is 2.49. The van der Waals surface area contributed by atoms with Crippen LogP contribution < -0.4 is 5.73 Å². The summed E-state index contributed by atoms with van der Waals surface area (Å²) in [4.78, 5) is 0. The van der Waals surface area contributed by atoms with Gasteiger partial charge in [-0.05, 0) is 25.2 Å². The standard InChI is InChI=1S/C10H21NO/c1-3-4-8(2)9(12)10(7-11)5-6-10/h8-9,12H,3-7,11H2,1-2H3. The molecule has 2 nitrogen and oxygen atoms in total. The number of aliphatic hydroxyl groups is 1. The van der Waals surface area contributed by atoms with Gasteiger partial charge in [0.1, 0.15) is 0 Å². The maximum atomic E-state index is 9.96. The molecule has 1 rings (SSSR count). The fourth-order valence-electron chi connectivity index (χ4n) is 2.00. The lowest BCUT2D eigenvalue weighted by Gasteiger charge is -2.26. The van der Waals surface area contributed by atoms with Crippen LogP contribution >= 0.6 is 0 Å². The van der Waals surface area contributed by atoms with Crippen LogP contribution in [0.25, 0.3) is 0 Å². The van der Waals surface area contributed by atoms with Gasteiger partial charge in [0.25, 0.3) is 0 Å². The van der Waals surface area contributed by atoms with Gasteiger partial charge < -0.3 is 10.8 Å². The van der Waals surface area contributed by atoms with Gasteiger partial charge in [-0.1, -0.05) is 20.3 Å². The molecule has 3 N–H and O–H groups in total. The maximum Gasteiger partial charge on any atom is 0.0633 e. The molecule has 2 unspecified atom stereocenters. The van der Waals surface area contributed by atoms with Crippen molar-refractivity contribution in [3.05, 3.63) is 0 Å². The van der Waals surface area contributed by atoms with E-state index in [1.165, 1.54) is 0 Å². The molecule has 1 saturated carbocycles. The van der Waals surface area contributed by atoms with E-state index in [1.54, 1.807) is 0 Å². The van der Waals surface area contributed by atoms with Crippen molar-refractivity contribution in [3.63, 3.8) is 0 Å². The lowest BCUT2D eigenvalue weighted by atomic mass is 9.87. The van der Waals surface area contributed by atoms with Gasteiger partial charge in [0.05, 0.1) is 6.10 Å². The van der Waals surface area contributed by atoms with Gasteiger partial charge in [-0.25, -0.2) is 0 Å². The molecule has 0 heterocycles. The van der Waals surface area contributed by atoms with Crippen LogP contribution in [-0.4, -0.2) is 17.8 Å². The van der Waals surface area contributed by atoms with Crippen LogP contribution in [0.5, 0.6) is 0 Å². The van der Waals surface area contributed by atoms with Crippen molar-refractivity contribution in [3.8, 4) is 0 Å². The normalized spacial score (nSPS) is 25.0. The third-order valence-corrected chi connectivity index (χ3v) is 3.21. The molecule has 12 heavy (non-hydrogen) atoms. The second-order valence-electron chi connectivity index (χ2n) is 4.28. The zero-order chi connectivity index (χ0) is 9.19. The van der Waals surface area contributed by atoms with E-state index in [0.717, 1.165) is 25.7 Å². The molecule has 0 aliphatic heterocycles. The molecule has 0 aromatic rings. The molecule has 0 radical (unpaired) electrons. The first-order chi connectivity index (χ1) is 5.66. The van der Waals surface area contributed by atoms with Gasteiger partial charge in [-0.15, -0.1) is 0 Å². The molecule has 0 spiro atoms. The van der Waals surface area contributed by atoms with Crippen molar-refractivity contribution in [2.45, 2.75) is 45.6 Å². The number of aliphatic hydroxyl groups excluding tert-OH is 1. The molecular weight excluding hydrogens is 150 g/mol. The number of nitrogens with two attached hydrogens (primary N) is 1. The minimum Gasteiger partial charge on any atom is -0.392 e. The quantitative estimate of drug-likeness (QED) is 0.659. The molecule has 0 aromatic carbocycles. The minimum atomic E-state index is -0.164. The zero-order valence-electron chi connectivity index (χ0n) is 8.21. The highest BCUT2D eigenvalue weighted by atomic mass is 16.3. The van der Waals surface area contributed by atoms with Crippen molar-refractivity contribution in [1.29, 1.82) is 0 Å². The topological polar surface area (TPSA) is 46.2 Å². The number of hydrogen-bond donors (Lipinski definition) is 2. The Balaban J connectivity index is 2.40. The highest BCUT2D eigenvalue weighted by Crippen LogP contribution is 2.50. The Hall–Kier alpha value is -0.0800. The molecule has 72 valence electrons. The van der Waals surface area contributed by atoms with Crippen LogP contribution in [0.4, 0.5) is 0 Å². The largest absolute Gasteiger partial charge is 0.392 e. The smallest absolute Gasteiger partial charge is 0.0633 e. The summed E-state index contributed by atoms with van der Waals surface area (Å²) in [7, 11) is 0. The van der Waals surface area contributed by atoms with Gasteiger partial charge in [0.15, 0.2) is 0 Å². The predicted octanol–water partition coefficient (Wildman–Crippen LogP) is 1.52. The average molecular weight is 171 g/mol. The third kappa shape index (κ3) is 1.80. The van der Waals surface area contributed by atoms with E-state index < -0.39 is 0 Å². The Morgan fingerprint density at radius 1 is 1.50 bits per heavy atom. The van der Waals surface area contributed by atoms with Gasteiger partial charge in [0.2, 0.25) is 0 Å². The molecule has 0 amide bonds. The van der Waals surface area contributed by atoms with Crippen molar-refractivity contribution >= 4 is 0 Å². The molecule has 2 heteroatoms. The molecular formula is C10H21NO. The van der Waals surface area contributed by atoms with Crippen LogP contribution in [0.15, 0.2) is 0 Å². The van der Waals surface area contributed by atoms with E-state index in [2.05, 4.69) is 13.8 Å². The second kappa shape index (κ2) is 3.75. The van der Waals surface area contributed by atoms with Gasteiger partial charge in [-0.2, -0.15) is 0 Å². The van der Waals surface area contributed by atoms with E-state index in [0.29, 0.717) is 12.5 Å². The van der Waals surface area contributed by atoms with Crippen molar-refractivity contribution in [2.24, 2.45) is 17.1 Å². The number of hydrogen-bond acceptors (Lipinski definition) is 2. The lowest BCUT2D eigenvalue weighted by Crippen LogP contribution is -2.34. The average Bonchev–Trinajstić information content (AvgIpc) is 2.84. The summed E-state index contributed by atoms with van der Waals surface area (Å²) in [6.45, 7) is 4.94. The van der Waals surface area contributed by atoms with E-state index in [4.69, 9.17) is 5.73 Å². The second-order valence-corrected chi connectivity index (χ2v) is 4.28. The van der Waals surface area contributed by atoms with Crippen molar-refractivity contribution < 1.29 is 5.11 Å². The van der Waals surface area contributed by atoms with E-state index in [-0.39, 0.29) is 11.5 Å². The summed E-state index contributed by atoms with van der Waals surface area (Å²) in [5, 5.41) is 9.96. The van der Waals surface area contributed by atoms with Crippen LogP contribution in [0.2, 0.25) is 0 Å². The van der Waals surface area contributed by atoms with Crippen LogP contribution in [0, 0.1) is 11.3 Å². The molecule has 0 aromatic heterocycles. The lowest BCUT2D eigenvalue weighted by molar-refractivity contribution is 0.0439. The Kier molecular flexibility index (Phi) is 3.13. The van der Waals surface area contributed by atoms with E-state index in [9.17, 15) is 5.11 Å². The first kappa shape index (κ1) is 10.0. The van der Waals surface area contributed by atoms with Crippen LogP contribution in [0.3, 0.4) is 0 Å². The van der Waals surface area contributed by atoms with Crippen molar-refractivity contribution in [2.75, 3.05) is 6.54 Å². The Bertz CT molecular complexity index is 143. The van der Waals surface area contributed by atoms with Gasteiger partial charge in [-0.3, -0.25) is 0 Å². The fourth-order valence-corrected chi connectivity index (χ4v) is 2.00. The number of rotatable bonds is 5. The maximum absolute atomic E-state index is 9.96. The van der Waals surface area contributed by atoms with Gasteiger partial charge in [0, 0.05) is 12.0 Å². The SMILES string of the molecule is CCCC(C)C(O)C1(CN)CC1. The Labute approximate surface area is 75.2 Å². The highest BCUT2D eigenvalue weighted by molar-refractivity contribution is 5.00. The summed E-state index contributed by atoms with van der Waals surface area (Å²) >= 11 is 0. The summed E-state index contributed by atoms with van der Waals surface area (Å²) in [6.07, 6.45) is 4.35. The predicted molar refractivity (Wildman–Crippen MR) is 50.8 cm³/mol.